The standard InChI is InChI=1S/C14H22O6/c1-6-11(19-12(17)9(2)3)14(7-15,8-16)20-13(18)10(4)5/h11,15-16H,2,4,6-8H2,1,3,5H3. The van der Waals surface area contributed by atoms with Gasteiger partial charge in [0.2, 0.25) is 0 Å². The van der Waals surface area contributed by atoms with Crippen molar-refractivity contribution in [3.8, 4) is 0 Å². The Morgan fingerprint density at radius 2 is 1.55 bits per heavy atom. The largest absolute Gasteiger partial charge is 0.455 e. The summed E-state index contributed by atoms with van der Waals surface area (Å²) in [6.45, 7) is 10.1. The van der Waals surface area contributed by atoms with Gasteiger partial charge in [0.25, 0.3) is 0 Å². The van der Waals surface area contributed by atoms with Gasteiger partial charge in [-0.1, -0.05) is 20.1 Å². The van der Waals surface area contributed by atoms with Crippen LogP contribution in [0.4, 0.5) is 0 Å². The van der Waals surface area contributed by atoms with Crippen LogP contribution in [-0.2, 0) is 19.1 Å². The van der Waals surface area contributed by atoms with Gasteiger partial charge in [0, 0.05) is 11.1 Å². The molecule has 2 N–H and O–H groups in total. The van der Waals surface area contributed by atoms with Crippen LogP contribution in [0.1, 0.15) is 27.2 Å². The summed E-state index contributed by atoms with van der Waals surface area (Å²) in [5.41, 5.74) is -1.44. The second kappa shape index (κ2) is 7.81. The van der Waals surface area contributed by atoms with Crippen molar-refractivity contribution >= 4 is 11.9 Å². The molecule has 0 saturated heterocycles. The molecule has 20 heavy (non-hydrogen) atoms. The van der Waals surface area contributed by atoms with Crippen LogP contribution in [0.25, 0.3) is 0 Å². The predicted octanol–water partition coefficient (Wildman–Crippen LogP) is 0.727. The summed E-state index contributed by atoms with van der Waals surface area (Å²) in [5, 5.41) is 19.0. The maximum absolute atomic E-state index is 11.6. The molecule has 0 radical (unpaired) electrons. The first-order valence-corrected chi connectivity index (χ1v) is 6.21. The fourth-order valence-electron chi connectivity index (χ4n) is 1.45. The van der Waals surface area contributed by atoms with E-state index in [0.29, 0.717) is 0 Å². The molecular formula is C14H22O6. The van der Waals surface area contributed by atoms with Crippen molar-refractivity contribution in [2.45, 2.75) is 38.9 Å². The highest BCUT2D eigenvalue weighted by Crippen LogP contribution is 2.23. The third-order valence-corrected chi connectivity index (χ3v) is 2.74. The van der Waals surface area contributed by atoms with Crippen molar-refractivity contribution in [2.75, 3.05) is 13.2 Å². The Morgan fingerprint density at radius 1 is 1.10 bits per heavy atom. The van der Waals surface area contributed by atoms with Crippen molar-refractivity contribution in [2.24, 2.45) is 0 Å². The Hall–Kier alpha value is -1.66. The van der Waals surface area contributed by atoms with Crippen LogP contribution in [0.2, 0.25) is 0 Å². The van der Waals surface area contributed by atoms with E-state index in [1.807, 2.05) is 0 Å². The average molecular weight is 286 g/mol. The zero-order valence-corrected chi connectivity index (χ0v) is 12.1. The molecule has 0 bridgehead atoms. The maximum atomic E-state index is 11.6. The molecule has 0 saturated carbocycles. The van der Waals surface area contributed by atoms with Crippen LogP contribution < -0.4 is 0 Å². The summed E-state index contributed by atoms with van der Waals surface area (Å²) in [7, 11) is 0. The van der Waals surface area contributed by atoms with Crippen LogP contribution >= 0.6 is 0 Å². The van der Waals surface area contributed by atoms with Gasteiger partial charge in [0.1, 0.15) is 6.10 Å². The molecule has 0 heterocycles. The number of aliphatic hydroxyl groups is 2. The molecule has 0 spiro atoms. The van der Waals surface area contributed by atoms with Crippen molar-refractivity contribution in [3.63, 3.8) is 0 Å². The molecule has 0 fully saturated rings. The fourth-order valence-corrected chi connectivity index (χ4v) is 1.45. The molecule has 6 nitrogen and oxygen atoms in total. The van der Waals surface area contributed by atoms with Gasteiger partial charge in [-0.15, -0.1) is 0 Å². The van der Waals surface area contributed by atoms with Gasteiger partial charge >= 0.3 is 11.9 Å². The monoisotopic (exact) mass is 286 g/mol. The zero-order valence-electron chi connectivity index (χ0n) is 12.1. The molecular weight excluding hydrogens is 264 g/mol. The third-order valence-electron chi connectivity index (χ3n) is 2.74. The van der Waals surface area contributed by atoms with E-state index in [-0.39, 0.29) is 17.6 Å². The van der Waals surface area contributed by atoms with Crippen LogP contribution in [0.5, 0.6) is 0 Å². The van der Waals surface area contributed by atoms with E-state index in [1.54, 1.807) is 6.92 Å². The number of rotatable bonds is 8. The summed E-state index contributed by atoms with van der Waals surface area (Å²) in [6, 6.07) is 0. The van der Waals surface area contributed by atoms with E-state index < -0.39 is 36.9 Å². The van der Waals surface area contributed by atoms with Crippen LogP contribution in [-0.4, -0.2) is 47.1 Å². The van der Waals surface area contributed by atoms with Gasteiger partial charge in [0.15, 0.2) is 5.60 Å². The first kappa shape index (κ1) is 18.3. The van der Waals surface area contributed by atoms with Crippen molar-refractivity contribution < 1.29 is 29.3 Å². The Labute approximate surface area is 118 Å². The Bertz CT molecular complexity index is 394. The zero-order chi connectivity index (χ0) is 15.9. The van der Waals surface area contributed by atoms with Crippen molar-refractivity contribution in [1.29, 1.82) is 0 Å². The number of esters is 2. The number of ether oxygens (including phenoxy) is 2. The molecule has 1 unspecified atom stereocenters. The minimum absolute atomic E-state index is 0.109. The number of carbonyl (C=O) groups excluding carboxylic acids is 2. The Morgan fingerprint density at radius 3 is 1.85 bits per heavy atom. The van der Waals surface area contributed by atoms with Crippen molar-refractivity contribution in [1.82, 2.24) is 0 Å². The lowest BCUT2D eigenvalue weighted by atomic mass is 9.95. The molecule has 0 aromatic carbocycles. The lowest BCUT2D eigenvalue weighted by Crippen LogP contribution is -2.54. The molecule has 6 heteroatoms. The second-order valence-electron chi connectivity index (χ2n) is 4.63. The summed E-state index contributed by atoms with van der Waals surface area (Å²) < 4.78 is 10.2. The quantitative estimate of drug-likeness (QED) is 0.504. The number of hydrogen-bond acceptors (Lipinski definition) is 6. The molecule has 0 aliphatic rings. The maximum Gasteiger partial charge on any atom is 0.333 e. The minimum Gasteiger partial charge on any atom is -0.455 e. The van der Waals surface area contributed by atoms with E-state index in [9.17, 15) is 19.8 Å². The van der Waals surface area contributed by atoms with Crippen molar-refractivity contribution in [3.05, 3.63) is 24.3 Å². The minimum atomic E-state index is -1.71. The lowest BCUT2D eigenvalue weighted by Gasteiger charge is -2.36. The summed E-state index contributed by atoms with van der Waals surface area (Å²) >= 11 is 0. The Balaban J connectivity index is 5.27. The fraction of sp³-hybridized carbons (Fsp3) is 0.571. The summed E-state index contributed by atoms with van der Waals surface area (Å²) in [4.78, 5) is 23.2. The van der Waals surface area contributed by atoms with E-state index in [4.69, 9.17) is 9.47 Å². The topological polar surface area (TPSA) is 93.1 Å². The van der Waals surface area contributed by atoms with E-state index in [2.05, 4.69) is 13.2 Å². The molecule has 0 aromatic heterocycles. The number of hydrogen-bond donors (Lipinski definition) is 2. The van der Waals surface area contributed by atoms with E-state index >= 15 is 0 Å². The highest BCUT2D eigenvalue weighted by atomic mass is 16.6. The third kappa shape index (κ3) is 4.47. The van der Waals surface area contributed by atoms with Gasteiger partial charge in [-0.3, -0.25) is 0 Å². The second-order valence-corrected chi connectivity index (χ2v) is 4.63. The first-order chi connectivity index (χ1) is 9.23. The molecule has 114 valence electrons. The summed E-state index contributed by atoms with van der Waals surface area (Å²) in [6.07, 6.45) is -0.756. The van der Waals surface area contributed by atoms with E-state index in [1.165, 1.54) is 13.8 Å². The number of aliphatic hydroxyl groups excluding tert-OH is 2. The van der Waals surface area contributed by atoms with E-state index in [0.717, 1.165) is 0 Å². The molecule has 0 aliphatic carbocycles. The summed E-state index contributed by atoms with van der Waals surface area (Å²) in [5.74, 6) is -1.47. The van der Waals surface area contributed by atoms with Gasteiger partial charge in [-0.25, -0.2) is 9.59 Å². The molecule has 0 rings (SSSR count). The molecule has 1 atom stereocenters. The van der Waals surface area contributed by atoms with Gasteiger partial charge in [-0.05, 0) is 20.3 Å². The normalized spacial score (nSPS) is 12.4. The predicted molar refractivity (Wildman–Crippen MR) is 72.8 cm³/mol. The lowest BCUT2D eigenvalue weighted by molar-refractivity contribution is -0.197. The molecule has 0 aliphatic heterocycles. The average Bonchev–Trinajstić information content (AvgIpc) is 2.41. The SMILES string of the molecule is C=C(C)C(=O)OC(CC)C(CO)(CO)OC(=O)C(=C)C. The highest BCUT2D eigenvalue weighted by Gasteiger charge is 2.44. The van der Waals surface area contributed by atoms with Crippen LogP contribution in [0.15, 0.2) is 24.3 Å². The number of carbonyl (C=O) groups is 2. The van der Waals surface area contributed by atoms with Gasteiger partial charge < -0.3 is 19.7 Å². The van der Waals surface area contributed by atoms with Crippen LogP contribution in [0.3, 0.4) is 0 Å². The van der Waals surface area contributed by atoms with Gasteiger partial charge in [-0.2, -0.15) is 0 Å². The smallest absolute Gasteiger partial charge is 0.333 e. The molecule has 0 amide bonds. The van der Waals surface area contributed by atoms with Gasteiger partial charge in [0.05, 0.1) is 13.2 Å². The van der Waals surface area contributed by atoms with Crippen LogP contribution in [0, 0.1) is 0 Å². The highest BCUT2D eigenvalue weighted by molar-refractivity contribution is 5.88. The molecule has 0 aromatic rings. The Kier molecular flexibility index (Phi) is 7.17. The first-order valence-electron chi connectivity index (χ1n) is 6.21.